The van der Waals surface area contributed by atoms with Crippen LogP contribution in [0.5, 0.6) is 0 Å². The minimum atomic E-state index is -0.0902. The summed E-state index contributed by atoms with van der Waals surface area (Å²) in [6.45, 7) is 6.67. The Morgan fingerprint density at radius 3 is 2.64 bits per heavy atom. The Bertz CT molecular complexity index is 204. The van der Waals surface area contributed by atoms with Gasteiger partial charge in [0.25, 0.3) is 0 Å². The summed E-state index contributed by atoms with van der Waals surface area (Å²) in [7, 11) is 0. The first-order valence-electron chi connectivity index (χ1n) is 3.25. The molecule has 0 aromatic carbocycles. The molecule has 0 aliphatic heterocycles. The van der Waals surface area contributed by atoms with Crippen molar-refractivity contribution in [2.45, 2.75) is 13.8 Å². The number of aliphatic imine (C=N–C) groups is 1. The van der Waals surface area contributed by atoms with E-state index in [0.29, 0.717) is 0 Å². The van der Waals surface area contributed by atoms with E-state index in [2.05, 4.69) is 16.9 Å². The second-order valence-electron chi connectivity index (χ2n) is 2.03. The highest BCUT2D eigenvalue weighted by Crippen LogP contribution is 1.85. The molecule has 3 heteroatoms. The summed E-state index contributed by atoms with van der Waals surface area (Å²) in [5.41, 5.74) is 0.718. The summed E-state index contributed by atoms with van der Waals surface area (Å²) < 4.78 is 0. The third kappa shape index (κ3) is 6.51. The highest BCUT2D eigenvalue weighted by atomic mass is 16.1. The van der Waals surface area contributed by atoms with E-state index in [0.717, 1.165) is 5.70 Å². The maximum Gasteiger partial charge on any atom is 0.221 e. The van der Waals surface area contributed by atoms with Gasteiger partial charge in [0.1, 0.15) is 0 Å². The molecule has 3 nitrogen and oxygen atoms in total. The van der Waals surface area contributed by atoms with Gasteiger partial charge in [0.15, 0.2) is 0 Å². The normalized spacial score (nSPS) is 11.6. The van der Waals surface area contributed by atoms with Gasteiger partial charge in [0, 0.05) is 25.0 Å². The van der Waals surface area contributed by atoms with Crippen LogP contribution in [0.2, 0.25) is 0 Å². The summed E-state index contributed by atoms with van der Waals surface area (Å²) in [6, 6.07) is 0. The number of rotatable bonds is 3. The Morgan fingerprint density at radius 1 is 1.55 bits per heavy atom. The van der Waals surface area contributed by atoms with Crippen LogP contribution in [0.15, 0.2) is 29.5 Å². The van der Waals surface area contributed by atoms with Crippen LogP contribution < -0.4 is 5.32 Å². The van der Waals surface area contributed by atoms with E-state index in [1.807, 2.05) is 0 Å². The standard InChI is InChI=1S/C8H12N2O/c1-4-5-9-6-7(2)10-8(3)11/h4-6H,1H2,2-3H3,(H,10,11)/b7-6+,9-5-. The van der Waals surface area contributed by atoms with E-state index in [4.69, 9.17) is 0 Å². The lowest BCUT2D eigenvalue weighted by Gasteiger charge is -1.97. The van der Waals surface area contributed by atoms with Gasteiger partial charge in [0.05, 0.1) is 0 Å². The first-order chi connectivity index (χ1) is 5.16. The van der Waals surface area contributed by atoms with Gasteiger partial charge in [0.2, 0.25) is 5.91 Å². The molecule has 0 aromatic heterocycles. The number of carbonyl (C=O) groups is 1. The highest BCUT2D eigenvalue weighted by molar-refractivity contribution is 5.75. The number of hydrogen-bond donors (Lipinski definition) is 1. The minimum Gasteiger partial charge on any atom is -0.329 e. The molecule has 0 heterocycles. The van der Waals surface area contributed by atoms with Gasteiger partial charge in [-0.3, -0.25) is 9.79 Å². The molecule has 0 saturated heterocycles. The zero-order valence-electron chi connectivity index (χ0n) is 6.79. The molecule has 0 fully saturated rings. The number of hydrogen-bond acceptors (Lipinski definition) is 2. The van der Waals surface area contributed by atoms with Crippen LogP contribution in [0.4, 0.5) is 0 Å². The largest absolute Gasteiger partial charge is 0.329 e. The van der Waals surface area contributed by atoms with Crippen molar-refractivity contribution in [1.82, 2.24) is 5.32 Å². The average Bonchev–Trinajstić information content (AvgIpc) is 1.86. The molecule has 0 aliphatic rings. The third-order valence-corrected chi connectivity index (χ3v) is 0.833. The zero-order chi connectivity index (χ0) is 8.69. The van der Waals surface area contributed by atoms with Crippen LogP contribution in [-0.2, 0) is 4.79 Å². The number of nitrogens with zero attached hydrogens (tertiary/aromatic N) is 1. The van der Waals surface area contributed by atoms with E-state index in [1.165, 1.54) is 6.92 Å². The van der Waals surface area contributed by atoms with Crippen molar-refractivity contribution in [3.05, 3.63) is 24.6 Å². The number of allylic oxidation sites excluding steroid dienone is 2. The van der Waals surface area contributed by atoms with Crippen molar-refractivity contribution >= 4 is 12.1 Å². The lowest BCUT2D eigenvalue weighted by Crippen LogP contribution is -2.16. The predicted molar refractivity (Wildman–Crippen MR) is 46.3 cm³/mol. The van der Waals surface area contributed by atoms with Gasteiger partial charge >= 0.3 is 0 Å². The van der Waals surface area contributed by atoms with Gasteiger partial charge in [-0.25, -0.2) is 0 Å². The maximum absolute atomic E-state index is 10.5. The summed E-state index contributed by atoms with van der Waals surface area (Å²) in [5, 5.41) is 2.58. The molecule has 0 aliphatic carbocycles. The monoisotopic (exact) mass is 152 g/mol. The lowest BCUT2D eigenvalue weighted by atomic mass is 10.5. The zero-order valence-corrected chi connectivity index (χ0v) is 6.79. The average molecular weight is 152 g/mol. The van der Waals surface area contributed by atoms with Crippen LogP contribution in [0, 0.1) is 0 Å². The van der Waals surface area contributed by atoms with E-state index in [1.54, 1.807) is 25.4 Å². The number of amides is 1. The van der Waals surface area contributed by atoms with E-state index in [9.17, 15) is 4.79 Å². The van der Waals surface area contributed by atoms with Crippen LogP contribution in [0.25, 0.3) is 0 Å². The topological polar surface area (TPSA) is 41.5 Å². The van der Waals surface area contributed by atoms with E-state index < -0.39 is 0 Å². The van der Waals surface area contributed by atoms with Gasteiger partial charge in [-0.2, -0.15) is 0 Å². The second-order valence-corrected chi connectivity index (χ2v) is 2.03. The molecule has 11 heavy (non-hydrogen) atoms. The Balaban J connectivity index is 3.90. The SMILES string of the molecule is C=C/C=N\C=C(/C)NC(C)=O. The molecule has 0 rings (SSSR count). The second kappa shape index (κ2) is 5.41. The summed E-state index contributed by atoms with van der Waals surface area (Å²) >= 11 is 0. The fourth-order valence-corrected chi connectivity index (χ4v) is 0.526. The minimum absolute atomic E-state index is 0.0902. The first-order valence-corrected chi connectivity index (χ1v) is 3.25. The summed E-state index contributed by atoms with van der Waals surface area (Å²) in [6.07, 6.45) is 4.67. The fourth-order valence-electron chi connectivity index (χ4n) is 0.526. The number of nitrogens with one attached hydrogen (secondary N) is 1. The van der Waals surface area contributed by atoms with Crippen LogP contribution >= 0.6 is 0 Å². The fraction of sp³-hybridized carbons (Fsp3) is 0.250. The molecular weight excluding hydrogens is 140 g/mol. The Hall–Kier alpha value is -1.38. The van der Waals surface area contributed by atoms with Gasteiger partial charge in [-0.15, -0.1) is 0 Å². The number of carbonyl (C=O) groups excluding carboxylic acids is 1. The Kier molecular flexibility index (Phi) is 4.73. The van der Waals surface area contributed by atoms with Crippen molar-refractivity contribution in [1.29, 1.82) is 0 Å². The van der Waals surface area contributed by atoms with Gasteiger partial charge < -0.3 is 5.32 Å². The smallest absolute Gasteiger partial charge is 0.221 e. The van der Waals surface area contributed by atoms with E-state index in [-0.39, 0.29) is 5.91 Å². The molecule has 60 valence electrons. The van der Waals surface area contributed by atoms with Crippen molar-refractivity contribution in [3.8, 4) is 0 Å². The molecule has 0 radical (unpaired) electrons. The molecule has 0 saturated carbocycles. The summed E-state index contributed by atoms with van der Waals surface area (Å²) in [4.78, 5) is 14.3. The molecule has 0 bridgehead atoms. The Labute approximate surface area is 66.5 Å². The third-order valence-electron chi connectivity index (χ3n) is 0.833. The lowest BCUT2D eigenvalue weighted by molar-refractivity contribution is -0.118. The van der Waals surface area contributed by atoms with Crippen LogP contribution in [-0.4, -0.2) is 12.1 Å². The van der Waals surface area contributed by atoms with Gasteiger partial charge in [-0.05, 0) is 6.92 Å². The molecule has 0 atom stereocenters. The molecular formula is C8H12N2O. The summed E-state index contributed by atoms with van der Waals surface area (Å²) in [5.74, 6) is -0.0902. The van der Waals surface area contributed by atoms with Crippen LogP contribution in [0.1, 0.15) is 13.8 Å². The van der Waals surface area contributed by atoms with Crippen molar-refractivity contribution in [2.75, 3.05) is 0 Å². The molecule has 1 N–H and O–H groups in total. The van der Waals surface area contributed by atoms with Gasteiger partial charge in [-0.1, -0.05) is 12.7 Å². The van der Waals surface area contributed by atoms with Crippen molar-refractivity contribution < 1.29 is 4.79 Å². The van der Waals surface area contributed by atoms with Crippen LogP contribution in [0.3, 0.4) is 0 Å². The molecule has 0 aromatic rings. The Morgan fingerprint density at radius 2 is 2.18 bits per heavy atom. The maximum atomic E-state index is 10.5. The molecule has 1 amide bonds. The van der Waals surface area contributed by atoms with Crippen molar-refractivity contribution in [3.63, 3.8) is 0 Å². The van der Waals surface area contributed by atoms with E-state index >= 15 is 0 Å². The highest BCUT2D eigenvalue weighted by Gasteiger charge is 1.88. The van der Waals surface area contributed by atoms with Crippen molar-refractivity contribution in [2.24, 2.45) is 4.99 Å². The first kappa shape index (κ1) is 9.62. The predicted octanol–water partition coefficient (Wildman–Crippen LogP) is 1.24. The molecule has 0 unspecified atom stereocenters. The quantitative estimate of drug-likeness (QED) is 0.607. The molecule has 0 spiro atoms.